The molecule has 4 rings (SSSR count). The van der Waals surface area contributed by atoms with Gasteiger partial charge in [0.15, 0.2) is 4.34 Å². The maximum atomic E-state index is 12.4. The van der Waals surface area contributed by atoms with Crippen LogP contribution < -0.4 is 5.32 Å². The standard InChI is InChI=1S/C19H17N3O3S2/c23-18(20-15-7-3-5-12-4-1-2-6-14(12)15)11-26-19-21-16-9-8-13(22(24)25)10-17(16)27-19/h1-2,4,6,8-10,15H,3,5,7,11H2,(H,20,23). The third-order valence-electron chi connectivity index (χ3n) is 4.59. The number of aryl methyl sites for hydroxylation is 1. The highest BCUT2D eigenvalue weighted by Gasteiger charge is 2.21. The number of thioether (sulfide) groups is 1. The van der Waals surface area contributed by atoms with Gasteiger partial charge >= 0.3 is 0 Å². The van der Waals surface area contributed by atoms with Gasteiger partial charge in [-0.3, -0.25) is 14.9 Å². The lowest BCUT2D eigenvalue weighted by Gasteiger charge is -2.26. The molecule has 0 fully saturated rings. The fraction of sp³-hybridized carbons (Fsp3) is 0.263. The Bertz CT molecular complexity index is 1020. The van der Waals surface area contributed by atoms with Crippen LogP contribution in [0.15, 0.2) is 46.8 Å². The second kappa shape index (κ2) is 7.66. The summed E-state index contributed by atoms with van der Waals surface area (Å²) in [5.41, 5.74) is 3.30. The second-order valence-corrected chi connectivity index (χ2v) is 8.64. The number of nitro benzene ring substituents is 1. The highest BCUT2D eigenvalue weighted by Crippen LogP contribution is 2.32. The topological polar surface area (TPSA) is 85.1 Å². The fourth-order valence-corrected chi connectivity index (χ4v) is 5.25. The van der Waals surface area contributed by atoms with Gasteiger partial charge in [-0.25, -0.2) is 4.98 Å². The molecule has 1 aromatic heterocycles. The third kappa shape index (κ3) is 3.96. The molecule has 8 heteroatoms. The minimum Gasteiger partial charge on any atom is -0.349 e. The van der Waals surface area contributed by atoms with E-state index in [-0.39, 0.29) is 23.4 Å². The molecule has 0 spiro atoms. The minimum absolute atomic E-state index is 0.0214. The molecule has 2 aromatic carbocycles. The van der Waals surface area contributed by atoms with Crippen LogP contribution in [0.2, 0.25) is 0 Å². The van der Waals surface area contributed by atoms with Gasteiger partial charge in [0, 0.05) is 12.1 Å². The van der Waals surface area contributed by atoms with Gasteiger partial charge in [-0.2, -0.15) is 0 Å². The quantitative estimate of drug-likeness (QED) is 0.388. The Hall–Kier alpha value is -2.45. The van der Waals surface area contributed by atoms with Crippen LogP contribution in [0.25, 0.3) is 10.2 Å². The number of rotatable bonds is 5. The molecule has 6 nitrogen and oxygen atoms in total. The average Bonchev–Trinajstić information content (AvgIpc) is 3.09. The van der Waals surface area contributed by atoms with Crippen molar-refractivity contribution in [2.75, 3.05) is 5.75 Å². The lowest BCUT2D eigenvalue weighted by atomic mass is 9.88. The van der Waals surface area contributed by atoms with Crippen LogP contribution in [0.1, 0.15) is 30.0 Å². The maximum Gasteiger partial charge on any atom is 0.270 e. The number of non-ortho nitro benzene ring substituents is 1. The number of nitro groups is 1. The summed E-state index contributed by atoms with van der Waals surface area (Å²) >= 11 is 2.74. The van der Waals surface area contributed by atoms with Crippen LogP contribution in [0.3, 0.4) is 0 Å². The molecule has 0 aliphatic heterocycles. The molecule has 138 valence electrons. The van der Waals surface area contributed by atoms with E-state index in [0.717, 1.165) is 33.8 Å². The van der Waals surface area contributed by atoms with Gasteiger partial charge in [0.1, 0.15) is 0 Å². The smallest absolute Gasteiger partial charge is 0.270 e. The van der Waals surface area contributed by atoms with Crippen LogP contribution in [0.4, 0.5) is 5.69 Å². The molecular weight excluding hydrogens is 382 g/mol. The van der Waals surface area contributed by atoms with Crippen molar-refractivity contribution in [3.05, 3.63) is 63.7 Å². The van der Waals surface area contributed by atoms with E-state index < -0.39 is 4.92 Å². The van der Waals surface area contributed by atoms with Crippen molar-refractivity contribution in [2.45, 2.75) is 29.6 Å². The summed E-state index contributed by atoms with van der Waals surface area (Å²) in [6.45, 7) is 0. The van der Waals surface area contributed by atoms with E-state index in [2.05, 4.69) is 22.4 Å². The average molecular weight is 399 g/mol. The molecule has 27 heavy (non-hydrogen) atoms. The van der Waals surface area contributed by atoms with Crippen LogP contribution in [0.5, 0.6) is 0 Å². The lowest BCUT2D eigenvalue weighted by molar-refractivity contribution is -0.384. The summed E-state index contributed by atoms with van der Waals surface area (Å²) in [6.07, 6.45) is 3.10. The Morgan fingerprint density at radius 2 is 2.19 bits per heavy atom. The Kier molecular flexibility index (Phi) is 5.09. The Labute approximate surface area is 164 Å². The molecular formula is C19H17N3O3S2. The number of fused-ring (bicyclic) bond motifs is 2. The van der Waals surface area contributed by atoms with Gasteiger partial charge < -0.3 is 5.32 Å². The summed E-state index contributed by atoms with van der Waals surface area (Å²) in [7, 11) is 0. The zero-order valence-corrected chi connectivity index (χ0v) is 16.0. The van der Waals surface area contributed by atoms with Crippen LogP contribution in [0, 0.1) is 10.1 Å². The molecule has 0 radical (unpaired) electrons. The highest BCUT2D eigenvalue weighted by molar-refractivity contribution is 8.01. The van der Waals surface area contributed by atoms with Crippen molar-refractivity contribution in [1.29, 1.82) is 0 Å². The van der Waals surface area contributed by atoms with E-state index in [1.54, 1.807) is 6.07 Å². The monoisotopic (exact) mass is 399 g/mol. The van der Waals surface area contributed by atoms with E-state index in [4.69, 9.17) is 0 Å². The van der Waals surface area contributed by atoms with E-state index in [9.17, 15) is 14.9 Å². The molecule has 0 saturated heterocycles. The number of aromatic nitrogens is 1. The largest absolute Gasteiger partial charge is 0.349 e. The summed E-state index contributed by atoms with van der Waals surface area (Å²) in [5, 5.41) is 14.0. The van der Waals surface area contributed by atoms with Crippen molar-refractivity contribution in [1.82, 2.24) is 10.3 Å². The number of amides is 1. The van der Waals surface area contributed by atoms with Crippen LogP contribution >= 0.6 is 23.1 Å². The van der Waals surface area contributed by atoms with E-state index in [1.807, 2.05) is 12.1 Å². The van der Waals surface area contributed by atoms with E-state index in [1.165, 1.54) is 46.4 Å². The first-order valence-corrected chi connectivity index (χ1v) is 10.5. The molecule has 0 bridgehead atoms. The number of hydrogen-bond donors (Lipinski definition) is 1. The molecule has 3 aromatic rings. The maximum absolute atomic E-state index is 12.4. The van der Waals surface area contributed by atoms with Crippen LogP contribution in [-0.2, 0) is 11.2 Å². The van der Waals surface area contributed by atoms with Gasteiger partial charge in [-0.05, 0) is 36.5 Å². The predicted molar refractivity (Wildman–Crippen MR) is 107 cm³/mol. The first-order valence-electron chi connectivity index (χ1n) is 8.65. The van der Waals surface area contributed by atoms with E-state index >= 15 is 0 Å². The molecule has 1 aliphatic rings. The van der Waals surface area contributed by atoms with Gasteiger partial charge in [0.25, 0.3) is 5.69 Å². The molecule has 1 aliphatic carbocycles. The molecule has 1 heterocycles. The van der Waals surface area contributed by atoms with Gasteiger partial charge in [0.2, 0.25) is 5.91 Å². The highest BCUT2D eigenvalue weighted by atomic mass is 32.2. The Morgan fingerprint density at radius 3 is 3.04 bits per heavy atom. The number of thiazole rings is 1. The number of hydrogen-bond acceptors (Lipinski definition) is 6. The fourth-order valence-electron chi connectivity index (χ4n) is 3.33. The Morgan fingerprint density at radius 1 is 1.33 bits per heavy atom. The normalized spacial score (nSPS) is 16.1. The summed E-state index contributed by atoms with van der Waals surface area (Å²) < 4.78 is 1.50. The number of nitrogens with one attached hydrogen (secondary N) is 1. The minimum atomic E-state index is -0.415. The van der Waals surface area contributed by atoms with Gasteiger partial charge in [-0.1, -0.05) is 36.0 Å². The predicted octanol–water partition coefficient (Wildman–Crippen LogP) is 4.49. The summed E-state index contributed by atoms with van der Waals surface area (Å²) in [5.74, 6) is 0.257. The first-order chi connectivity index (χ1) is 13.1. The first kappa shape index (κ1) is 17.9. The van der Waals surface area contributed by atoms with Crippen molar-refractivity contribution in [3.63, 3.8) is 0 Å². The molecule has 1 amide bonds. The van der Waals surface area contributed by atoms with E-state index in [0.29, 0.717) is 0 Å². The zero-order chi connectivity index (χ0) is 18.8. The SMILES string of the molecule is O=C(CSc1nc2ccc([N+](=O)[O-])cc2s1)NC1CCCc2ccccc21. The van der Waals surface area contributed by atoms with Crippen molar-refractivity contribution >= 4 is 44.9 Å². The molecule has 1 unspecified atom stereocenters. The van der Waals surface area contributed by atoms with Crippen molar-refractivity contribution < 1.29 is 9.72 Å². The summed E-state index contributed by atoms with van der Waals surface area (Å²) in [4.78, 5) is 27.3. The Balaban J connectivity index is 1.40. The third-order valence-corrected chi connectivity index (χ3v) is 6.76. The number of carbonyl (C=O) groups is 1. The van der Waals surface area contributed by atoms with Crippen LogP contribution in [-0.4, -0.2) is 21.6 Å². The number of nitrogens with zero attached hydrogens (tertiary/aromatic N) is 2. The zero-order valence-electron chi connectivity index (χ0n) is 14.4. The van der Waals surface area contributed by atoms with Crippen molar-refractivity contribution in [2.24, 2.45) is 0 Å². The van der Waals surface area contributed by atoms with Gasteiger partial charge in [-0.15, -0.1) is 11.3 Å². The molecule has 1 atom stereocenters. The molecule has 0 saturated carbocycles. The summed E-state index contributed by atoms with van der Waals surface area (Å²) in [6, 6.07) is 13.0. The molecule has 1 N–H and O–H groups in total. The van der Waals surface area contributed by atoms with Crippen molar-refractivity contribution in [3.8, 4) is 0 Å². The second-order valence-electron chi connectivity index (χ2n) is 6.39. The number of carbonyl (C=O) groups excluding carboxylic acids is 1. The lowest BCUT2D eigenvalue weighted by Crippen LogP contribution is -2.32. The van der Waals surface area contributed by atoms with Gasteiger partial charge in [0.05, 0.1) is 26.9 Å². The number of benzene rings is 2.